The van der Waals surface area contributed by atoms with E-state index in [0.717, 1.165) is 11.9 Å². The molecule has 2 aromatic heterocycles. The predicted molar refractivity (Wildman–Crippen MR) is 122 cm³/mol. The van der Waals surface area contributed by atoms with E-state index in [1.807, 2.05) is 12.1 Å². The van der Waals surface area contributed by atoms with Crippen molar-refractivity contribution in [3.8, 4) is 17.0 Å². The van der Waals surface area contributed by atoms with Crippen LogP contribution in [0.3, 0.4) is 0 Å². The molecule has 0 aliphatic carbocycles. The van der Waals surface area contributed by atoms with Gasteiger partial charge >= 0.3 is 0 Å². The summed E-state index contributed by atoms with van der Waals surface area (Å²) >= 11 is 12.5. The Balaban J connectivity index is 1.43. The average Bonchev–Trinajstić information content (AvgIpc) is 3.08. The molecule has 3 heterocycles. The molecule has 7 nitrogen and oxygen atoms in total. The molecule has 168 valence electrons. The van der Waals surface area contributed by atoms with Crippen LogP contribution in [0, 0.1) is 12.7 Å². The first-order chi connectivity index (χ1) is 15.4. The van der Waals surface area contributed by atoms with Crippen LogP contribution < -0.4 is 9.64 Å². The number of benzene rings is 1. The highest BCUT2D eigenvalue weighted by Crippen LogP contribution is 2.32. The number of hydrogen-bond acceptors (Lipinski definition) is 5. The summed E-state index contributed by atoms with van der Waals surface area (Å²) in [6.07, 6.45) is 2.59. The Morgan fingerprint density at radius 3 is 2.62 bits per heavy atom. The first-order valence-electron chi connectivity index (χ1n) is 10.1. The summed E-state index contributed by atoms with van der Waals surface area (Å²) in [4.78, 5) is 20.6. The highest BCUT2D eigenvalue weighted by Gasteiger charge is 2.24. The lowest BCUT2D eigenvalue weighted by atomic mass is 10.2. The highest BCUT2D eigenvalue weighted by molar-refractivity contribution is 6.33. The number of methoxy groups -OCH3 is 1. The van der Waals surface area contributed by atoms with Crippen molar-refractivity contribution >= 4 is 34.8 Å². The Hall–Kier alpha value is -2.84. The van der Waals surface area contributed by atoms with Gasteiger partial charge in [0.25, 0.3) is 0 Å². The second kappa shape index (κ2) is 9.34. The molecule has 1 fully saturated rings. The third-order valence-corrected chi connectivity index (χ3v) is 6.34. The predicted octanol–water partition coefficient (Wildman–Crippen LogP) is 4.06. The van der Waals surface area contributed by atoms with Crippen LogP contribution in [0.4, 0.5) is 10.1 Å². The zero-order valence-electron chi connectivity index (χ0n) is 17.7. The maximum atomic E-state index is 14.1. The molecule has 32 heavy (non-hydrogen) atoms. The molecule has 4 rings (SSSR count). The first-order valence-corrected chi connectivity index (χ1v) is 10.8. The second-order valence-corrected chi connectivity index (χ2v) is 8.23. The summed E-state index contributed by atoms with van der Waals surface area (Å²) in [5.41, 5.74) is 2.17. The number of rotatable bonds is 5. The molecule has 0 spiro atoms. The number of ether oxygens (including phenoxy) is 1. The van der Waals surface area contributed by atoms with Gasteiger partial charge in [0.15, 0.2) is 5.82 Å². The molecule has 0 N–H and O–H groups in total. The molecule has 1 aromatic carbocycles. The third-order valence-electron chi connectivity index (χ3n) is 5.58. The zero-order valence-corrected chi connectivity index (χ0v) is 19.2. The van der Waals surface area contributed by atoms with Crippen LogP contribution in [0.2, 0.25) is 10.0 Å². The minimum absolute atomic E-state index is 0.0347. The summed E-state index contributed by atoms with van der Waals surface area (Å²) in [5.74, 6) is 0.0397. The fourth-order valence-electron chi connectivity index (χ4n) is 3.70. The van der Waals surface area contributed by atoms with Crippen LogP contribution in [0.15, 0.2) is 36.7 Å². The minimum Gasteiger partial charge on any atom is -0.495 e. The van der Waals surface area contributed by atoms with Gasteiger partial charge in [-0.25, -0.2) is 4.39 Å². The molecular formula is C22H22Cl2FN5O2. The van der Waals surface area contributed by atoms with Crippen LogP contribution in [0.25, 0.3) is 11.3 Å². The van der Waals surface area contributed by atoms with E-state index >= 15 is 0 Å². The Kier molecular flexibility index (Phi) is 6.53. The lowest BCUT2D eigenvalue weighted by molar-refractivity contribution is -0.132. The van der Waals surface area contributed by atoms with Crippen LogP contribution in [-0.4, -0.2) is 58.9 Å². The van der Waals surface area contributed by atoms with Gasteiger partial charge in [0.05, 0.1) is 29.0 Å². The Morgan fingerprint density at radius 1 is 1.19 bits per heavy atom. The number of aromatic nitrogens is 3. The minimum atomic E-state index is -0.514. The summed E-state index contributed by atoms with van der Waals surface area (Å²) in [6.45, 7) is 4.31. The van der Waals surface area contributed by atoms with Crippen LogP contribution >= 0.6 is 23.2 Å². The second-order valence-electron chi connectivity index (χ2n) is 7.45. The van der Waals surface area contributed by atoms with Crippen molar-refractivity contribution in [2.24, 2.45) is 0 Å². The van der Waals surface area contributed by atoms with E-state index < -0.39 is 5.82 Å². The van der Waals surface area contributed by atoms with E-state index in [1.54, 1.807) is 25.0 Å². The largest absolute Gasteiger partial charge is 0.495 e. The van der Waals surface area contributed by atoms with Gasteiger partial charge in [-0.3, -0.25) is 14.5 Å². The lowest BCUT2D eigenvalue weighted by Crippen LogP contribution is -2.49. The van der Waals surface area contributed by atoms with Gasteiger partial charge < -0.3 is 14.5 Å². The van der Waals surface area contributed by atoms with Gasteiger partial charge in [-0.2, -0.15) is 5.10 Å². The van der Waals surface area contributed by atoms with E-state index in [1.165, 1.54) is 16.9 Å². The van der Waals surface area contributed by atoms with Gasteiger partial charge in [0.1, 0.15) is 18.0 Å². The van der Waals surface area contributed by atoms with Crippen LogP contribution in [-0.2, 0) is 11.3 Å². The van der Waals surface area contributed by atoms with Gasteiger partial charge in [-0.05, 0) is 25.1 Å². The molecule has 1 amide bonds. The Bertz CT molecular complexity index is 1150. The lowest BCUT2D eigenvalue weighted by Gasteiger charge is -2.36. The molecule has 1 saturated heterocycles. The van der Waals surface area contributed by atoms with Gasteiger partial charge in [-0.1, -0.05) is 23.2 Å². The van der Waals surface area contributed by atoms with E-state index in [9.17, 15) is 9.18 Å². The van der Waals surface area contributed by atoms with Crippen LogP contribution in [0.5, 0.6) is 5.75 Å². The van der Waals surface area contributed by atoms with Crippen molar-refractivity contribution in [1.29, 1.82) is 0 Å². The monoisotopic (exact) mass is 477 g/mol. The Morgan fingerprint density at radius 2 is 1.94 bits per heavy atom. The van der Waals surface area contributed by atoms with Gasteiger partial charge in [0.2, 0.25) is 5.91 Å². The quantitative estimate of drug-likeness (QED) is 0.554. The van der Waals surface area contributed by atoms with Gasteiger partial charge in [0, 0.05) is 49.7 Å². The van der Waals surface area contributed by atoms with Gasteiger partial charge in [-0.15, -0.1) is 0 Å². The molecule has 0 atom stereocenters. The van der Waals surface area contributed by atoms with Crippen molar-refractivity contribution in [2.45, 2.75) is 13.5 Å². The summed E-state index contributed by atoms with van der Waals surface area (Å²) in [6, 6.07) is 7.16. The normalized spacial score (nSPS) is 14.0. The number of hydrogen-bond donors (Lipinski definition) is 0. The molecule has 0 radical (unpaired) electrons. The maximum Gasteiger partial charge on any atom is 0.244 e. The number of carbonyl (C=O) groups excluding carboxylic acids is 1. The summed E-state index contributed by atoms with van der Waals surface area (Å²) < 4.78 is 20.9. The Labute approximate surface area is 195 Å². The molecule has 3 aromatic rings. The fourth-order valence-corrected chi connectivity index (χ4v) is 4.14. The fraction of sp³-hybridized carbons (Fsp3) is 0.318. The number of amides is 1. The average molecular weight is 478 g/mol. The molecule has 10 heteroatoms. The molecule has 0 saturated carbocycles. The van der Waals surface area contributed by atoms with Crippen molar-refractivity contribution in [2.75, 3.05) is 38.2 Å². The van der Waals surface area contributed by atoms with E-state index in [-0.39, 0.29) is 18.0 Å². The molecular weight excluding hydrogens is 456 g/mol. The number of pyridine rings is 1. The molecule has 1 aliphatic rings. The van der Waals surface area contributed by atoms with Crippen molar-refractivity contribution in [3.05, 3.63) is 58.2 Å². The zero-order chi connectivity index (χ0) is 22.8. The summed E-state index contributed by atoms with van der Waals surface area (Å²) in [7, 11) is 1.58. The standard InChI is InChI=1S/C22H22Cl2FN5O2/c1-14-21(24)22(16-5-6-26-12-18(16)25)27-30(14)13-20(31)29-9-7-28(8-10-29)15-3-4-17(23)19(11-15)32-2/h3-6,11-12H,7-10,13H2,1-2H3. The number of nitrogens with zero attached hydrogens (tertiary/aromatic N) is 5. The smallest absolute Gasteiger partial charge is 0.244 e. The molecule has 0 bridgehead atoms. The first kappa shape index (κ1) is 22.4. The van der Waals surface area contributed by atoms with Crippen LogP contribution in [0.1, 0.15) is 5.69 Å². The number of piperazine rings is 1. The number of halogens is 3. The van der Waals surface area contributed by atoms with Crippen molar-refractivity contribution < 1.29 is 13.9 Å². The molecule has 0 unspecified atom stereocenters. The molecule has 1 aliphatic heterocycles. The van der Waals surface area contributed by atoms with Crippen molar-refractivity contribution in [3.63, 3.8) is 0 Å². The maximum absolute atomic E-state index is 14.1. The van der Waals surface area contributed by atoms with E-state index in [4.69, 9.17) is 27.9 Å². The number of anilines is 1. The number of carbonyl (C=O) groups is 1. The van der Waals surface area contributed by atoms with Crippen molar-refractivity contribution in [1.82, 2.24) is 19.7 Å². The topological polar surface area (TPSA) is 63.5 Å². The van der Waals surface area contributed by atoms with E-state index in [0.29, 0.717) is 53.4 Å². The highest BCUT2D eigenvalue weighted by atomic mass is 35.5. The third kappa shape index (κ3) is 4.38. The van der Waals surface area contributed by atoms with E-state index in [2.05, 4.69) is 15.0 Å². The SMILES string of the molecule is COc1cc(N2CCN(C(=O)Cn3nc(-c4ccncc4F)c(Cl)c3C)CC2)ccc1Cl. The summed E-state index contributed by atoms with van der Waals surface area (Å²) in [5, 5.41) is 5.28.